The number of aromatic hydroxyl groups is 1. The van der Waals surface area contributed by atoms with Crippen LogP contribution in [0.1, 0.15) is 10.4 Å². The fourth-order valence-electron chi connectivity index (χ4n) is 1.49. The van der Waals surface area contributed by atoms with Crippen LogP contribution < -0.4 is 0 Å². The van der Waals surface area contributed by atoms with Crippen LogP contribution in [0.15, 0.2) is 33.2 Å². The van der Waals surface area contributed by atoms with Crippen LogP contribution in [0, 0.1) is 0 Å². The van der Waals surface area contributed by atoms with Crippen molar-refractivity contribution in [3.63, 3.8) is 0 Å². The lowest BCUT2D eigenvalue weighted by molar-refractivity contribution is 0.0694. The van der Waals surface area contributed by atoms with E-state index in [1.165, 1.54) is 12.1 Å². The predicted molar refractivity (Wildman–Crippen MR) is 68.0 cm³/mol. The molecule has 16 heavy (non-hydrogen) atoms. The van der Waals surface area contributed by atoms with Crippen molar-refractivity contribution < 1.29 is 15.0 Å². The largest absolute Gasteiger partial charge is 0.507 e. The first-order chi connectivity index (χ1) is 7.49. The number of hydrogen-bond acceptors (Lipinski definition) is 2. The number of carbonyl (C=O) groups is 1. The molecule has 0 aromatic heterocycles. The van der Waals surface area contributed by atoms with Gasteiger partial charge in [-0.2, -0.15) is 0 Å². The maximum absolute atomic E-state index is 10.9. The molecule has 0 atom stereocenters. The van der Waals surface area contributed by atoms with Crippen molar-refractivity contribution in [3.05, 3.63) is 38.8 Å². The number of carboxylic acid groups (broad SMARTS) is 1. The normalized spacial score (nSPS) is 10.6. The molecule has 0 spiro atoms. The summed E-state index contributed by atoms with van der Waals surface area (Å²) in [6.45, 7) is 0. The van der Waals surface area contributed by atoms with Crippen LogP contribution in [0.5, 0.6) is 5.75 Å². The van der Waals surface area contributed by atoms with Gasteiger partial charge in [0, 0.05) is 8.95 Å². The summed E-state index contributed by atoms with van der Waals surface area (Å²) < 4.78 is 1.64. The Morgan fingerprint density at radius 1 is 1.12 bits per heavy atom. The van der Waals surface area contributed by atoms with Crippen molar-refractivity contribution in [3.8, 4) is 5.75 Å². The quantitative estimate of drug-likeness (QED) is 0.827. The second-order valence-corrected chi connectivity index (χ2v) is 5.05. The van der Waals surface area contributed by atoms with Gasteiger partial charge in [-0.3, -0.25) is 0 Å². The molecule has 0 radical (unpaired) electrons. The molecule has 2 N–H and O–H groups in total. The highest BCUT2D eigenvalue weighted by molar-refractivity contribution is 9.11. The molecule has 2 aromatic carbocycles. The molecule has 3 nitrogen and oxygen atoms in total. The third-order valence-electron chi connectivity index (χ3n) is 2.21. The Bertz CT molecular complexity index is 593. The predicted octanol–water partition coefficient (Wildman–Crippen LogP) is 3.77. The average Bonchev–Trinajstić information content (AvgIpc) is 2.18. The number of carboxylic acids is 1. The van der Waals surface area contributed by atoms with Crippen molar-refractivity contribution in [2.75, 3.05) is 0 Å². The number of fused-ring (bicyclic) bond motifs is 1. The van der Waals surface area contributed by atoms with Crippen LogP contribution in [0.2, 0.25) is 0 Å². The van der Waals surface area contributed by atoms with Crippen LogP contribution >= 0.6 is 31.9 Å². The maximum Gasteiger partial charge on any atom is 0.339 e. The number of phenols is 1. The summed E-state index contributed by atoms with van der Waals surface area (Å²) in [5, 5.41) is 20.0. The summed E-state index contributed by atoms with van der Waals surface area (Å²) in [6.07, 6.45) is 0. The van der Waals surface area contributed by atoms with Crippen molar-refractivity contribution in [1.82, 2.24) is 0 Å². The minimum absolute atomic E-state index is 0.0995. The van der Waals surface area contributed by atoms with E-state index in [0.29, 0.717) is 0 Å². The average molecular weight is 346 g/mol. The smallest absolute Gasteiger partial charge is 0.339 e. The zero-order chi connectivity index (χ0) is 11.9. The molecule has 0 aliphatic heterocycles. The Hall–Kier alpha value is -1.07. The molecule has 0 bridgehead atoms. The zero-order valence-corrected chi connectivity index (χ0v) is 11.0. The van der Waals surface area contributed by atoms with Gasteiger partial charge < -0.3 is 10.2 Å². The van der Waals surface area contributed by atoms with Gasteiger partial charge >= 0.3 is 5.97 Å². The Morgan fingerprint density at radius 2 is 1.81 bits per heavy atom. The molecule has 0 fully saturated rings. The molecule has 0 amide bonds. The lowest BCUT2D eigenvalue weighted by Gasteiger charge is -2.05. The first-order valence-electron chi connectivity index (χ1n) is 4.34. The molecule has 82 valence electrons. The van der Waals surface area contributed by atoms with Crippen LogP contribution in [0.25, 0.3) is 10.8 Å². The second-order valence-electron chi connectivity index (χ2n) is 3.28. The fraction of sp³-hybridized carbons (Fsp3) is 0. The van der Waals surface area contributed by atoms with Gasteiger partial charge in [0.05, 0.1) is 0 Å². The van der Waals surface area contributed by atoms with Gasteiger partial charge in [-0.15, -0.1) is 0 Å². The molecule has 0 aliphatic carbocycles. The van der Waals surface area contributed by atoms with Gasteiger partial charge in [-0.25, -0.2) is 4.79 Å². The Morgan fingerprint density at radius 3 is 2.44 bits per heavy atom. The van der Waals surface area contributed by atoms with E-state index in [-0.39, 0.29) is 11.3 Å². The SMILES string of the molecule is O=C(O)c1cc2cc(Br)cc(Br)c2cc1O. The summed E-state index contributed by atoms with van der Waals surface area (Å²) in [5.74, 6) is -1.38. The molecule has 0 heterocycles. The minimum Gasteiger partial charge on any atom is -0.507 e. The van der Waals surface area contributed by atoms with Gasteiger partial charge in [0.2, 0.25) is 0 Å². The summed E-state index contributed by atoms with van der Waals surface area (Å²) in [7, 11) is 0. The van der Waals surface area contributed by atoms with Gasteiger partial charge in [-0.1, -0.05) is 31.9 Å². The molecule has 0 saturated heterocycles. The minimum atomic E-state index is -1.14. The standard InChI is InChI=1S/C11H6Br2O3/c12-6-1-5-2-8(11(15)16)10(14)4-7(5)9(13)3-6/h1-4,14H,(H,15,16). The summed E-state index contributed by atoms with van der Waals surface area (Å²) in [4.78, 5) is 10.9. The van der Waals surface area contributed by atoms with E-state index in [1.54, 1.807) is 6.07 Å². The summed E-state index contributed by atoms with van der Waals surface area (Å²) in [5.41, 5.74) is -0.0995. The summed E-state index contributed by atoms with van der Waals surface area (Å²) >= 11 is 6.68. The van der Waals surface area contributed by atoms with Crippen LogP contribution in [-0.4, -0.2) is 16.2 Å². The third-order valence-corrected chi connectivity index (χ3v) is 3.33. The van der Waals surface area contributed by atoms with Gasteiger partial charge in [0.1, 0.15) is 11.3 Å². The maximum atomic E-state index is 10.9. The number of aromatic carboxylic acids is 1. The molecule has 2 rings (SSSR count). The second kappa shape index (κ2) is 4.07. The number of benzene rings is 2. The topological polar surface area (TPSA) is 57.5 Å². The Balaban J connectivity index is 2.84. The third kappa shape index (κ3) is 1.92. The van der Waals surface area contributed by atoms with Crippen LogP contribution in [0.4, 0.5) is 0 Å². The van der Waals surface area contributed by atoms with E-state index in [0.717, 1.165) is 19.7 Å². The molecule has 0 unspecified atom stereocenters. The van der Waals surface area contributed by atoms with E-state index in [2.05, 4.69) is 31.9 Å². The van der Waals surface area contributed by atoms with Crippen LogP contribution in [0.3, 0.4) is 0 Å². The van der Waals surface area contributed by atoms with Gasteiger partial charge in [-0.05, 0) is 35.0 Å². The number of halogens is 2. The fourth-order valence-corrected chi connectivity index (χ4v) is 2.86. The molecular formula is C11H6Br2O3. The van der Waals surface area contributed by atoms with Crippen LogP contribution in [-0.2, 0) is 0 Å². The Kier molecular flexibility index (Phi) is 2.90. The monoisotopic (exact) mass is 344 g/mol. The first-order valence-corrected chi connectivity index (χ1v) is 5.92. The molecule has 0 aliphatic rings. The lowest BCUT2D eigenvalue weighted by atomic mass is 10.1. The molecule has 2 aromatic rings. The van der Waals surface area contributed by atoms with E-state index in [9.17, 15) is 9.90 Å². The molecule has 0 saturated carbocycles. The van der Waals surface area contributed by atoms with E-state index in [1.807, 2.05) is 6.07 Å². The number of rotatable bonds is 1. The lowest BCUT2D eigenvalue weighted by Crippen LogP contribution is -1.96. The van der Waals surface area contributed by atoms with Gasteiger partial charge in [0.25, 0.3) is 0 Å². The van der Waals surface area contributed by atoms with Gasteiger partial charge in [0.15, 0.2) is 0 Å². The van der Waals surface area contributed by atoms with Crippen molar-refractivity contribution in [1.29, 1.82) is 0 Å². The molecule has 5 heteroatoms. The van der Waals surface area contributed by atoms with E-state index < -0.39 is 5.97 Å². The van der Waals surface area contributed by atoms with Crippen molar-refractivity contribution in [2.45, 2.75) is 0 Å². The zero-order valence-electron chi connectivity index (χ0n) is 7.87. The van der Waals surface area contributed by atoms with E-state index in [4.69, 9.17) is 5.11 Å². The summed E-state index contributed by atoms with van der Waals surface area (Å²) in [6, 6.07) is 6.52. The van der Waals surface area contributed by atoms with Crippen molar-refractivity contribution in [2.24, 2.45) is 0 Å². The highest BCUT2D eigenvalue weighted by Gasteiger charge is 2.12. The highest BCUT2D eigenvalue weighted by atomic mass is 79.9. The number of hydrogen-bond donors (Lipinski definition) is 2. The van der Waals surface area contributed by atoms with E-state index >= 15 is 0 Å². The molecular weight excluding hydrogens is 340 g/mol. The Labute approximate surface area is 108 Å². The van der Waals surface area contributed by atoms with Crippen molar-refractivity contribution >= 4 is 48.6 Å². The first kappa shape index (κ1) is 11.4. The highest BCUT2D eigenvalue weighted by Crippen LogP contribution is 2.33.